The monoisotopic (exact) mass is 386 g/mol. The van der Waals surface area contributed by atoms with Crippen LogP contribution in [0.2, 0.25) is 0 Å². The molecule has 2 aliphatic heterocycles. The van der Waals surface area contributed by atoms with Gasteiger partial charge < -0.3 is 14.5 Å². The van der Waals surface area contributed by atoms with Gasteiger partial charge in [0.25, 0.3) is 5.91 Å². The lowest BCUT2D eigenvalue weighted by Gasteiger charge is -2.35. The highest BCUT2D eigenvalue weighted by Gasteiger charge is 2.37. The number of carbonyl (C=O) groups excluding carboxylic acids is 2. The second-order valence-electron chi connectivity index (χ2n) is 5.69. The van der Waals surface area contributed by atoms with E-state index < -0.39 is 0 Å². The van der Waals surface area contributed by atoms with Gasteiger partial charge in [-0.25, -0.2) is 4.79 Å². The van der Waals surface area contributed by atoms with E-state index in [-0.39, 0.29) is 24.1 Å². The summed E-state index contributed by atoms with van der Waals surface area (Å²) in [6, 6.07) is 2.09. The molecular weight excluding hydrogens is 368 g/mol. The van der Waals surface area contributed by atoms with Gasteiger partial charge in [-0.3, -0.25) is 4.79 Å². The van der Waals surface area contributed by atoms with E-state index in [1.54, 1.807) is 0 Å². The molecule has 0 N–H and O–H groups in total. The van der Waals surface area contributed by atoms with Crippen LogP contribution in [0.15, 0.2) is 15.9 Å². The molecule has 3 rings (SSSR count). The summed E-state index contributed by atoms with van der Waals surface area (Å²) in [6.45, 7) is 4.09. The van der Waals surface area contributed by atoms with Crippen molar-refractivity contribution in [2.75, 3.05) is 19.6 Å². The second kappa shape index (κ2) is 6.58. The molecule has 0 aromatic carbocycles. The van der Waals surface area contributed by atoms with E-state index in [2.05, 4.69) is 15.9 Å². The maximum Gasteiger partial charge on any atom is 0.410 e. The molecule has 1 atom stereocenters. The molecule has 0 bridgehead atoms. The van der Waals surface area contributed by atoms with E-state index in [9.17, 15) is 9.59 Å². The summed E-state index contributed by atoms with van der Waals surface area (Å²) in [5.41, 5.74) is 0. The zero-order valence-corrected chi connectivity index (χ0v) is 14.9. The molecule has 0 spiro atoms. The van der Waals surface area contributed by atoms with Crippen LogP contribution in [0.4, 0.5) is 4.79 Å². The zero-order valence-electron chi connectivity index (χ0n) is 12.5. The van der Waals surface area contributed by atoms with Crippen LogP contribution in [0, 0.1) is 0 Å². The van der Waals surface area contributed by atoms with E-state index in [1.807, 2.05) is 28.2 Å². The average molecular weight is 387 g/mol. The van der Waals surface area contributed by atoms with Crippen molar-refractivity contribution in [3.63, 3.8) is 0 Å². The molecule has 7 heteroatoms. The fourth-order valence-corrected chi connectivity index (χ4v) is 4.53. The minimum absolute atomic E-state index is 0.0224. The highest BCUT2D eigenvalue weighted by atomic mass is 79.9. The van der Waals surface area contributed by atoms with Crippen molar-refractivity contribution in [3.05, 3.63) is 20.8 Å². The number of thiophene rings is 1. The number of hydrogen-bond acceptors (Lipinski definition) is 4. The third-order valence-corrected chi connectivity index (χ3v) is 6.19. The summed E-state index contributed by atoms with van der Waals surface area (Å²) < 4.78 is 6.19. The number of likely N-dealkylation sites (tertiary alicyclic amines) is 1. The van der Waals surface area contributed by atoms with Crippen molar-refractivity contribution in [2.24, 2.45) is 0 Å². The third-order valence-electron chi connectivity index (χ3n) is 4.36. The first kappa shape index (κ1) is 15.8. The number of hydrogen-bond donors (Lipinski definition) is 0. The van der Waals surface area contributed by atoms with Gasteiger partial charge in [-0.05, 0) is 46.6 Å². The molecule has 3 heterocycles. The van der Waals surface area contributed by atoms with Gasteiger partial charge in [0.05, 0.1) is 6.54 Å². The summed E-state index contributed by atoms with van der Waals surface area (Å²) in [4.78, 5) is 28.9. The van der Waals surface area contributed by atoms with Crippen LogP contribution >= 0.6 is 27.3 Å². The quantitative estimate of drug-likeness (QED) is 0.800. The van der Waals surface area contributed by atoms with Crippen LogP contribution in [0.3, 0.4) is 0 Å². The lowest BCUT2D eigenvalue weighted by atomic mass is 10.0. The molecular formula is C15H19BrN2O3S. The Morgan fingerprint density at radius 1 is 1.45 bits per heavy atom. The molecule has 1 aromatic heterocycles. The first-order chi connectivity index (χ1) is 10.6. The summed E-state index contributed by atoms with van der Waals surface area (Å²) >= 11 is 4.87. The first-order valence-corrected chi connectivity index (χ1v) is 9.27. The molecule has 1 unspecified atom stereocenters. The average Bonchev–Trinajstić information content (AvgIpc) is 3.12. The van der Waals surface area contributed by atoms with Crippen molar-refractivity contribution < 1.29 is 14.3 Å². The van der Waals surface area contributed by atoms with Crippen molar-refractivity contribution in [3.8, 4) is 0 Å². The van der Waals surface area contributed by atoms with Gasteiger partial charge in [-0.15, -0.1) is 11.3 Å². The normalized spacial score (nSPS) is 23.0. The number of cyclic esters (lactones) is 1. The van der Waals surface area contributed by atoms with Crippen LogP contribution in [0.1, 0.15) is 35.9 Å². The van der Waals surface area contributed by atoms with Crippen LogP contribution < -0.4 is 0 Å². The molecule has 0 aliphatic carbocycles. The smallest absolute Gasteiger partial charge is 0.410 e. The molecule has 2 amide bonds. The Kier molecular flexibility index (Phi) is 4.73. The summed E-state index contributed by atoms with van der Waals surface area (Å²) in [5.74, 6) is 0.0794. The number of piperidine rings is 1. The van der Waals surface area contributed by atoms with Gasteiger partial charge in [0, 0.05) is 23.6 Å². The summed E-state index contributed by atoms with van der Waals surface area (Å²) in [5, 5.41) is 1.91. The fraction of sp³-hybridized carbons (Fsp3) is 0.600. The van der Waals surface area contributed by atoms with Gasteiger partial charge >= 0.3 is 6.09 Å². The molecule has 5 nitrogen and oxygen atoms in total. The maximum absolute atomic E-state index is 12.5. The largest absolute Gasteiger partial charge is 0.444 e. The molecule has 0 radical (unpaired) electrons. The van der Waals surface area contributed by atoms with E-state index in [0.717, 1.165) is 28.6 Å². The number of amides is 2. The van der Waals surface area contributed by atoms with Gasteiger partial charge in [0.15, 0.2) is 0 Å². The Bertz CT molecular complexity index is 569. The lowest BCUT2D eigenvalue weighted by Crippen LogP contribution is -2.47. The number of halogens is 1. The van der Waals surface area contributed by atoms with Crippen molar-refractivity contribution in [1.82, 2.24) is 9.80 Å². The Morgan fingerprint density at radius 3 is 2.73 bits per heavy atom. The van der Waals surface area contributed by atoms with Crippen molar-refractivity contribution >= 4 is 39.3 Å². The van der Waals surface area contributed by atoms with E-state index in [1.165, 1.54) is 11.3 Å². The van der Waals surface area contributed by atoms with E-state index in [4.69, 9.17) is 4.74 Å². The summed E-state index contributed by atoms with van der Waals surface area (Å²) in [6.07, 6.45) is 2.32. The standard InChI is InChI=1S/C15H19BrN2O3S/c1-2-11-9-18(15(20)21-11)10-3-6-17(7-4-10)14(19)13-12(16)5-8-22-13/h5,8,10-11H,2-4,6-7,9H2,1H3. The Labute approximate surface area is 142 Å². The predicted molar refractivity (Wildman–Crippen MR) is 88.2 cm³/mol. The molecule has 22 heavy (non-hydrogen) atoms. The second-order valence-corrected chi connectivity index (χ2v) is 7.46. The van der Waals surface area contributed by atoms with Crippen LogP contribution in [-0.4, -0.2) is 53.6 Å². The maximum atomic E-state index is 12.5. The summed E-state index contributed by atoms with van der Waals surface area (Å²) in [7, 11) is 0. The third kappa shape index (κ3) is 3.01. The first-order valence-electron chi connectivity index (χ1n) is 7.59. The molecule has 2 fully saturated rings. The van der Waals surface area contributed by atoms with Gasteiger partial charge in [0.2, 0.25) is 0 Å². The Hall–Kier alpha value is -1.08. The Balaban J connectivity index is 1.58. The van der Waals surface area contributed by atoms with E-state index >= 15 is 0 Å². The minimum atomic E-state index is -0.197. The highest BCUT2D eigenvalue weighted by Crippen LogP contribution is 2.27. The number of rotatable bonds is 3. The van der Waals surface area contributed by atoms with Gasteiger partial charge in [0.1, 0.15) is 11.0 Å². The Morgan fingerprint density at radius 2 is 2.18 bits per heavy atom. The highest BCUT2D eigenvalue weighted by molar-refractivity contribution is 9.10. The van der Waals surface area contributed by atoms with Gasteiger partial charge in [-0.1, -0.05) is 6.92 Å². The number of carbonyl (C=O) groups is 2. The molecule has 2 aliphatic rings. The molecule has 0 saturated carbocycles. The van der Waals surface area contributed by atoms with Crippen LogP contribution in [-0.2, 0) is 4.74 Å². The van der Waals surface area contributed by atoms with Crippen molar-refractivity contribution in [2.45, 2.75) is 38.3 Å². The van der Waals surface area contributed by atoms with Crippen LogP contribution in [0.5, 0.6) is 0 Å². The molecule has 120 valence electrons. The zero-order chi connectivity index (χ0) is 15.7. The SMILES string of the molecule is CCC1CN(C2CCN(C(=O)c3sccc3Br)CC2)C(=O)O1. The topological polar surface area (TPSA) is 49.9 Å². The lowest BCUT2D eigenvalue weighted by molar-refractivity contribution is 0.0662. The molecule has 2 saturated heterocycles. The number of nitrogens with zero attached hydrogens (tertiary/aromatic N) is 2. The van der Waals surface area contributed by atoms with E-state index in [0.29, 0.717) is 19.6 Å². The fourth-order valence-electron chi connectivity index (χ4n) is 3.02. The van der Waals surface area contributed by atoms with Crippen molar-refractivity contribution in [1.29, 1.82) is 0 Å². The molecule has 1 aromatic rings. The predicted octanol–water partition coefficient (Wildman–Crippen LogP) is 3.35. The van der Waals surface area contributed by atoms with Crippen LogP contribution in [0.25, 0.3) is 0 Å². The van der Waals surface area contributed by atoms with Gasteiger partial charge in [-0.2, -0.15) is 0 Å². The number of ether oxygens (including phenoxy) is 1. The minimum Gasteiger partial charge on any atom is -0.444 e.